The summed E-state index contributed by atoms with van der Waals surface area (Å²) in [6.07, 6.45) is 1.36. The first-order valence-corrected chi connectivity index (χ1v) is 3.37. The molecule has 0 saturated heterocycles. The molecule has 1 N–H and O–H groups in total. The van der Waals surface area contributed by atoms with E-state index in [9.17, 15) is 9.90 Å². The summed E-state index contributed by atoms with van der Waals surface area (Å²) in [7, 11) is 0. The van der Waals surface area contributed by atoms with Crippen LogP contribution in [0.15, 0.2) is 6.33 Å². The summed E-state index contributed by atoms with van der Waals surface area (Å²) in [5.74, 6) is -1.10. The molecule has 0 saturated carbocycles. The predicted octanol–water partition coefficient (Wildman–Crippen LogP) is -0.103. The van der Waals surface area contributed by atoms with Crippen molar-refractivity contribution in [2.24, 2.45) is 0 Å². The third kappa shape index (κ3) is 1.39. The Bertz CT molecular complexity index is 265. The number of H-pyrrole nitrogens is 1. The largest absolute Gasteiger partial charge is 0.543 e. The highest BCUT2D eigenvalue weighted by molar-refractivity contribution is 5.84. The molecule has 0 aliphatic carbocycles. The van der Waals surface area contributed by atoms with Crippen LogP contribution in [0.3, 0.4) is 0 Å². The number of imidazole rings is 1. The topological polar surface area (TPSA) is 68.8 Å². The molecule has 0 aliphatic rings. The quantitative estimate of drug-likeness (QED) is 0.644. The Morgan fingerprint density at radius 3 is 2.73 bits per heavy atom. The number of aromatic nitrogens is 2. The Morgan fingerprint density at radius 1 is 1.73 bits per heavy atom. The molecule has 4 heteroatoms. The van der Waals surface area contributed by atoms with Gasteiger partial charge in [0.15, 0.2) is 0 Å². The minimum atomic E-state index is -1.23. The van der Waals surface area contributed by atoms with Gasteiger partial charge >= 0.3 is 0 Å². The van der Waals surface area contributed by atoms with Crippen LogP contribution in [0.1, 0.15) is 35.9 Å². The molecule has 0 bridgehead atoms. The van der Waals surface area contributed by atoms with Gasteiger partial charge in [0.2, 0.25) is 0 Å². The van der Waals surface area contributed by atoms with E-state index in [4.69, 9.17) is 0 Å². The Balaban J connectivity index is 3.06. The van der Waals surface area contributed by atoms with E-state index in [1.807, 2.05) is 13.8 Å². The zero-order valence-electron chi connectivity index (χ0n) is 6.42. The van der Waals surface area contributed by atoms with E-state index in [0.717, 1.165) is 0 Å². The first-order valence-electron chi connectivity index (χ1n) is 3.37. The average molecular weight is 153 g/mol. The zero-order chi connectivity index (χ0) is 8.43. The number of rotatable bonds is 2. The molecule has 0 aromatic carbocycles. The molecule has 1 aromatic rings. The summed E-state index contributed by atoms with van der Waals surface area (Å²) >= 11 is 0. The Labute approximate surface area is 64.3 Å². The zero-order valence-corrected chi connectivity index (χ0v) is 6.42. The number of carbonyl (C=O) groups is 1. The van der Waals surface area contributed by atoms with E-state index in [1.54, 1.807) is 0 Å². The Kier molecular flexibility index (Phi) is 1.94. The lowest BCUT2D eigenvalue weighted by Gasteiger charge is -2.05. The molecule has 0 fully saturated rings. The van der Waals surface area contributed by atoms with Gasteiger partial charge in [-0.15, -0.1) is 0 Å². The summed E-state index contributed by atoms with van der Waals surface area (Å²) in [5.41, 5.74) is 0.630. The van der Waals surface area contributed by atoms with Gasteiger partial charge in [0.25, 0.3) is 0 Å². The van der Waals surface area contributed by atoms with Gasteiger partial charge in [-0.3, -0.25) is 0 Å². The number of hydrogen-bond acceptors (Lipinski definition) is 3. The fourth-order valence-corrected chi connectivity index (χ4v) is 0.907. The molecule has 60 valence electrons. The summed E-state index contributed by atoms with van der Waals surface area (Å²) in [4.78, 5) is 16.8. The number of nitrogens with one attached hydrogen (secondary N) is 1. The number of carboxylic acids is 1. The van der Waals surface area contributed by atoms with Crippen molar-refractivity contribution in [3.05, 3.63) is 17.7 Å². The second kappa shape index (κ2) is 2.74. The number of nitrogens with zero attached hydrogens (tertiary/aromatic N) is 1. The van der Waals surface area contributed by atoms with Crippen molar-refractivity contribution in [2.45, 2.75) is 19.8 Å². The fourth-order valence-electron chi connectivity index (χ4n) is 0.907. The number of carboxylic acid groups (broad SMARTS) is 1. The van der Waals surface area contributed by atoms with Crippen LogP contribution in [0.5, 0.6) is 0 Å². The second-order valence-electron chi connectivity index (χ2n) is 2.61. The highest BCUT2D eigenvalue weighted by atomic mass is 16.4. The van der Waals surface area contributed by atoms with Gasteiger partial charge in [0, 0.05) is 5.69 Å². The maximum atomic E-state index is 10.4. The van der Waals surface area contributed by atoms with Gasteiger partial charge < -0.3 is 14.9 Å². The van der Waals surface area contributed by atoms with Crippen molar-refractivity contribution in [1.29, 1.82) is 0 Å². The van der Waals surface area contributed by atoms with Crippen molar-refractivity contribution in [1.82, 2.24) is 9.97 Å². The number of carbonyl (C=O) groups excluding carboxylic acids is 1. The molecule has 0 atom stereocenters. The van der Waals surface area contributed by atoms with E-state index in [0.29, 0.717) is 5.69 Å². The molecule has 1 rings (SSSR count). The monoisotopic (exact) mass is 153 g/mol. The van der Waals surface area contributed by atoms with Crippen LogP contribution in [0.25, 0.3) is 0 Å². The number of aromatic amines is 1. The van der Waals surface area contributed by atoms with E-state index >= 15 is 0 Å². The summed E-state index contributed by atoms with van der Waals surface area (Å²) in [5, 5.41) is 10.4. The smallest absolute Gasteiger partial charge is 0.107 e. The molecule has 0 amide bonds. The minimum Gasteiger partial charge on any atom is -0.543 e. The third-order valence-corrected chi connectivity index (χ3v) is 1.44. The maximum Gasteiger partial charge on any atom is 0.107 e. The van der Waals surface area contributed by atoms with Crippen molar-refractivity contribution in [3.8, 4) is 0 Å². The van der Waals surface area contributed by atoms with E-state index in [-0.39, 0.29) is 11.6 Å². The Hall–Kier alpha value is -1.32. The summed E-state index contributed by atoms with van der Waals surface area (Å²) < 4.78 is 0. The maximum absolute atomic E-state index is 10.4. The fraction of sp³-hybridized carbons (Fsp3) is 0.429. The normalized spacial score (nSPS) is 10.5. The highest BCUT2D eigenvalue weighted by Gasteiger charge is 2.08. The van der Waals surface area contributed by atoms with Crippen molar-refractivity contribution >= 4 is 5.97 Å². The minimum absolute atomic E-state index is 0.0139. The van der Waals surface area contributed by atoms with Gasteiger partial charge in [-0.25, -0.2) is 4.98 Å². The molecule has 0 spiro atoms. The Morgan fingerprint density at radius 2 is 2.36 bits per heavy atom. The van der Waals surface area contributed by atoms with Gasteiger partial charge in [-0.1, -0.05) is 13.8 Å². The lowest BCUT2D eigenvalue weighted by Crippen LogP contribution is -2.24. The lowest BCUT2D eigenvalue weighted by molar-refractivity contribution is -0.255. The molecular weight excluding hydrogens is 144 g/mol. The first kappa shape index (κ1) is 7.78. The first-order chi connectivity index (χ1) is 5.13. The molecule has 1 aromatic heterocycles. The summed E-state index contributed by atoms with van der Waals surface area (Å²) in [6, 6.07) is 0. The van der Waals surface area contributed by atoms with Crippen LogP contribution in [0.4, 0.5) is 0 Å². The molecular formula is C7H9N2O2-. The van der Waals surface area contributed by atoms with Crippen molar-refractivity contribution < 1.29 is 9.90 Å². The van der Waals surface area contributed by atoms with Crippen LogP contribution in [-0.2, 0) is 0 Å². The van der Waals surface area contributed by atoms with Gasteiger partial charge in [0.05, 0.1) is 12.3 Å². The highest BCUT2D eigenvalue weighted by Crippen LogP contribution is 2.13. The molecule has 0 aliphatic heterocycles. The second-order valence-corrected chi connectivity index (χ2v) is 2.61. The molecule has 4 nitrogen and oxygen atoms in total. The van der Waals surface area contributed by atoms with Crippen LogP contribution < -0.4 is 5.11 Å². The van der Waals surface area contributed by atoms with Crippen LogP contribution in [0, 0.1) is 0 Å². The third-order valence-electron chi connectivity index (χ3n) is 1.44. The average Bonchev–Trinajstić information content (AvgIpc) is 2.32. The SMILES string of the molecule is CC(C)c1[nH]cnc1C(=O)[O-]. The lowest BCUT2D eigenvalue weighted by atomic mass is 10.1. The predicted molar refractivity (Wildman–Crippen MR) is 37.0 cm³/mol. The standard InChI is InChI=1S/C7H10N2O2/c1-4(2)5-6(7(10)11)9-3-8-5/h3-4H,1-2H3,(H,8,9)(H,10,11)/p-1. The summed E-state index contributed by atoms with van der Waals surface area (Å²) in [6.45, 7) is 3.78. The number of hydrogen-bond donors (Lipinski definition) is 1. The van der Waals surface area contributed by atoms with Crippen LogP contribution >= 0.6 is 0 Å². The van der Waals surface area contributed by atoms with E-state index in [1.165, 1.54) is 6.33 Å². The van der Waals surface area contributed by atoms with Gasteiger partial charge in [-0.05, 0) is 5.92 Å². The van der Waals surface area contributed by atoms with Crippen molar-refractivity contribution in [3.63, 3.8) is 0 Å². The number of aromatic carboxylic acids is 1. The molecule has 11 heavy (non-hydrogen) atoms. The molecule has 0 radical (unpaired) electrons. The van der Waals surface area contributed by atoms with Gasteiger partial charge in [0.1, 0.15) is 5.69 Å². The van der Waals surface area contributed by atoms with Crippen LogP contribution in [-0.4, -0.2) is 15.9 Å². The van der Waals surface area contributed by atoms with Crippen molar-refractivity contribution in [2.75, 3.05) is 0 Å². The van der Waals surface area contributed by atoms with E-state index < -0.39 is 5.97 Å². The molecule has 0 unspecified atom stereocenters. The molecule has 1 heterocycles. The van der Waals surface area contributed by atoms with Gasteiger partial charge in [-0.2, -0.15) is 0 Å². The van der Waals surface area contributed by atoms with E-state index in [2.05, 4.69) is 9.97 Å². The van der Waals surface area contributed by atoms with Crippen LogP contribution in [0.2, 0.25) is 0 Å².